The van der Waals surface area contributed by atoms with E-state index in [0.29, 0.717) is 17.2 Å². The van der Waals surface area contributed by atoms with Crippen LogP contribution in [0.15, 0.2) is 28.1 Å². The van der Waals surface area contributed by atoms with E-state index < -0.39 is 15.7 Å². The summed E-state index contributed by atoms with van der Waals surface area (Å²) in [7, 11) is -0.605. The van der Waals surface area contributed by atoms with Gasteiger partial charge in [-0.15, -0.1) is 0 Å². The molecule has 1 fully saturated rings. The molecule has 1 aliphatic rings. The molecule has 2 rings (SSSR count). The SMILES string of the molecule is CCC1SC(=NC)N(C)C1(O)c1ccc(Cl)c(S(N)(=O)=O)c1. The molecule has 0 radical (unpaired) electrons. The van der Waals surface area contributed by atoms with E-state index in [1.54, 1.807) is 25.1 Å². The summed E-state index contributed by atoms with van der Waals surface area (Å²) in [6.45, 7) is 1.95. The third-order valence-corrected chi connectivity index (χ3v) is 6.73. The topological polar surface area (TPSA) is 96.0 Å². The fourth-order valence-electron chi connectivity index (χ4n) is 2.55. The van der Waals surface area contributed by atoms with Crippen LogP contribution in [0.25, 0.3) is 0 Å². The zero-order valence-corrected chi connectivity index (χ0v) is 14.8. The van der Waals surface area contributed by atoms with Crippen LogP contribution in [0.5, 0.6) is 0 Å². The number of aliphatic imine (C=N–C) groups is 1. The van der Waals surface area contributed by atoms with E-state index in [1.807, 2.05) is 6.92 Å². The minimum atomic E-state index is -3.97. The van der Waals surface area contributed by atoms with Gasteiger partial charge in [0.15, 0.2) is 10.9 Å². The molecule has 2 unspecified atom stereocenters. The fraction of sp³-hybridized carbons (Fsp3) is 0.462. The van der Waals surface area contributed by atoms with Crippen LogP contribution in [-0.2, 0) is 15.7 Å². The average molecular weight is 364 g/mol. The number of hydrogen-bond donors (Lipinski definition) is 2. The van der Waals surface area contributed by atoms with Crippen molar-refractivity contribution in [3.63, 3.8) is 0 Å². The highest BCUT2D eigenvalue weighted by atomic mass is 35.5. The molecule has 1 aliphatic heterocycles. The molecule has 1 aromatic rings. The predicted molar refractivity (Wildman–Crippen MR) is 89.5 cm³/mol. The third kappa shape index (κ3) is 2.74. The lowest BCUT2D eigenvalue weighted by Crippen LogP contribution is -2.46. The molecule has 0 aromatic heterocycles. The lowest BCUT2D eigenvalue weighted by molar-refractivity contribution is -0.0592. The Morgan fingerprint density at radius 2 is 2.18 bits per heavy atom. The van der Waals surface area contributed by atoms with Crippen LogP contribution < -0.4 is 5.14 Å². The van der Waals surface area contributed by atoms with Crippen molar-refractivity contribution in [3.05, 3.63) is 28.8 Å². The van der Waals surface area contributed by atoms with Crippen LogP contribution in [-0.4, -0.2) is 42.9 Å². The molecule has 1 saturated heterocycles. The summed E-state index contributed by atoms with van der Waals surface area (Å²) >= 11 is 7.36. The average Bonchev–Trinajstić information content (AvgIpc) is 2.71. The maximum absolute atomic E-state index is 11.6. The number of benzene rings is 1. The van der Waals surface area contributed by atoms with Crippen molar-refractivity contribution in [2.75, 3.05) is 14.1 Å². The summed E-state index contributed by atoms with van der Waals surface area (Å²) in [4.78, 5) is 5.59. The molecule has 0 saturated carbocycles. The van der Waals surface area contributed by atoms with Crippen molar-refractivity contribution in [2.45, 2.75) is 29.2 Å². The highest BCUT2D eigenvalue weighted by Gasteiger charge is 2.50. The van der Waals surface area contributed by atoms with Gasteiger partial charge in [0.25, 0.3) is 0 Å². The van der Waals surface area contributed by atoms with Crippen molar-refractivity contribution < 1.29 is 13.5 Å². The van der Waals surface area contributed by atoms with Gasteiger partial charge in [-0.3, -0.25) is 4.99 Å². The summed E-state index contributed by atoms with van der Waals surface area (Å²) in [6, 6.07) is 4.37. The Kier molecular flexibility index (Phi) is 4.79. The summed E-state index contributed by atoms with van der Waals surface area (Å²) in [5.41, 5.74) is -0.959. The van der Waals surface area contributed by atoms with Crippen LogP contribution in [0.4, 0.5) is 0 Å². The second-order valence-electron chi connectivity index (χ2n) is 5.00. The van der Waals surface area contributed by atoms with Crippen LogP contribution in [0, 0.1) is 0 Å². The van der Waals surface area contributed by atoms with Crippen molar-refractivity contribution in [3.8, 4) is 0 Å². The van der Waals surface area contributed by atoms with Crippen LogP contribution in [0.3, 0.4) is 0 Å². The second kappa shape index (κ2) is 6.01. The first-order chi connectivity index (χ1) is 10.2. The van der Waals surface area contributed by atoms with Gasteiger partial charge in [0, 0.05) is 19.7 Å². The van der Waals surface area contributed by atoms with E-state index in [2.05, 4.69) is 4.99 Å². The number of sulfonamides is 1. The number of thioether (sulfide) groups is 1. The van der Waals surface area contributed by atoms with E-state index >= 15 is 0 Å². The fourth-order valence-corrected chi connectivity index (χ4v) is 4.90. The van der Waals surface area contributed by atoms with Crippen LogP contribution in [0.1, 0.15) is 18.9 Å². The van der Waals surface area contributed by atoms with Crippen LogP contribution >= 0.6 is 23.4 Å². The monoisotopic (exact) mass is 363 g/mol. The van der Waals surface area contributed by atoms with Gasteiger partial charge in [-0.25, -0.2) is 13.6 Å². The lowest BCUT2D eigenvalue weighted by atomic mass is 9.96. The summed E-state index contributed by atoms with van der Waals surface area (Å²) in [5.74, 6) is 0. The number of halogens is 1. The summed E-state index contributed by atoms with van der Waals surface area (Å²) in [5, 5.41) is 16.9. The molecule has 122 valence electrons. The normalized spacial score (nSPS) is 27.6. The minimum absolute atomic E-state index is 0.0283. The highest BCUT2D eigenvalue weighted by molar-refractivity contribution is 8.14. The Morgan fingerprint density at radius 3 is 2.68 bits per heavy atom. The summed E-state index contributed by atoms with van der Waals surface area (Å²) in [6.07, 6.45) is 0.678. The van der Waals surface area contributed by atoms with Gasteiger partial charge < -0.3 is 10.0 Å². The number of nitrogens with two attached hydrogens (primary N) is 1. The zero-order valence-electron chi connectivity index (χ0n) is 12.4. The molecule has 0 amide bonds. The van der Waals surface area contributed by atoms with Crippen molar-refractivity contribution in [1.82, 2.24) is 4.90 Å². The van der Waals surface area contributed by atoms with E-state index in [9.17, 15) is 13.5 Å². The Labute approximate surface area is 139 Å². The number of rotatable bonds is 3. The van der Waals surface area contributed by atoms with E-state index in [-0.39, 0.29) is 15.2 Å². The maximum atomic E-state index is 11.6. The number of amidine groups is 1. The van der Waals surface area contributed by atoms with Gasteiger partial charge in [-0.1, -0.05) is 36.4 Å². The van der Waals surface area contributed by atoms with Crippen LogP contribution in [0.2, 0.25) is 5.02 Å². The van der Waals surface area contributed by atoms with Gasteiger partial charge in [-0.05, 0) is 18.6 Å². The van der Waals surface area contributed by atoms with Crippen molar-refractivity contribution in [1.29, 1.82) is 0 Å². The van der Waals surface area contributed by atoms with E-state index in [0.717, 1.165) is 0 Å². The van der Waals surface area contributed by atoms with Crippen molar-refractivity contribution >= 4 is 38.6 Å². The lowest BCUT2D eigenvalue weighted by Gasteiger charge is -2.35. The largest absolute Gasteiger partial charge is 0.366 e. The predicted octanol–water partition coefficient (Wildman–Crippen LogP) is 1.58. The molecular formula is C13H18ClN3O3S2. The Balaban J connectivity index is 2.64. The molecule has 9 heteroatoms. The molecule has 6 nitrogen and oxygen atoms in total. The molecule has 2 atom stereocenters. The Hall–Kier alpha value is -0.800. The van der Waals surface area contributed by atoms with Gasteiger partial charge in [0.1, 0.15) is 4.90 Å². The minimum Gasteiger partial charge on any atom is -0.366 e. The van der Waals surface area contributed by atoms with Gasteiger partial charge >= 0.3 is 0 Å². The zero-order chi connectivity index (χ0) is 16.7. The molecule has 0 spiro atoms. The standard InChI is InChI=1S/C13H18ClN3O3S2/c1-4-11-13(18,17(3)12(16-2)21-11)8-5-6-9(14)10(7-8)22(15,19)20/h5-7,11,18H,4H2,1-3H3,(H2,15,19,20). The first-order valence-corrected chi connectivity index (χ1v) is 9.39. The Morgan fingerprint density at radius 1 is 1.55 bits per heavy atom. The molecule has 22 heavy (non-hydrogen) atoms. The van der Waals surface area contributed by atoms with Gasteiger partial charge in [0.2, 0.25) is 10.0 Å². The first-order valence-electron chi connectivity index (χ1n) is 6.58. The number of nitrogens with zero attached hydrogens (tertiary/aromatic N) is 2. The van der Waals surface area contributed by atoms with Crippen molar-refractivity contribution in [2.24, 2.45) is 10.1 Å². The Bertz CT molecular complexity index is 723. The number of primary sulfonamides is 1. The van der Waals surface area contributed by atoms with Gasteiger partial charge in [-0.2, -0.15) is 0 Å². The second-order valence-corrected chi connectivity index (χ2v) is 8.10. The molecule has 1 aromatic carbocycles. The number of hydrogen-bond acceptors (Lipinski definition) is 5. The molecule has 3 N–H and O–H groups in total. The van der Waals surface area contributed by atoms with E-state index in [1.165, 1.54) is 23.9 Å². The third-order valence-electron chi connectivity index (χ3n) is 3.72. The molecule has 1 heterocycles. The van der Waals surface area contributed by atoms with E-state index in [4.69, 9.17) is 16.7 Å². The molecule has 0 bridgehead atoms. The van der Waals surface area contributed by atoms with Gasteiger partial charge in [0.05, 0.1) is 10.3 Å². The maximum Gasteiger partial charge on any atom is 0.239 e. The molecule has 0 aliphatic carbocycles. The first kappa shape index (κ1) is 17.6. The smallest absolute Gasteiger partial charge is 0.239 e. The number of aliphatic hydroxyl groups is 1. The summed E-state index contributed by atoms with van der Waals surface area (Å²) < 4.78 is 23.3. The molecular weight excluding hydrogens is 346 g/mol. The highest BCUT2D eigenvalue weighted by Crippen LogP contribution is 2.46. The quantitative estimate of drug-likeness (QED) is 0.849.